The Bertz CT molecular complexity index is 1080. The van der Waals surface area contributed by atoms with Crippen molar-refractivity contribution in [2.24, 2.45) is 5.92 Å². The lowest BCUT2D eigenvalue weighted by atomic mass is 9.75. The molecule has 0 saturated carbocycles. The van der Waals surface area contributed by atoms with Gasteiger partial charge in [-0.1, -0.05) is 61.5 Å². The molecule has 1 aliphatic heterocycles. The first-order valence-corrected chi connectivity index (χ1v) is 10.1. The molecule has 3 nitrogen and oxygen atoms in total. The number of amides is 1. The van der Waals surface area contributed by atoms with Crippen LogP contribution >= 0.6 is 0 Å². The number of nitrogens with one attached hydrogen (secondary N) is 2. The van der Waals surface area contributed by atoms with Crippen molar-refractivity contribution >= 4 is 28.1 Å². The lowest BCUT2D eigenvalue weighted by molar-refractivity contribution is -0.115. The van der Waals surface area contributed by atoms with E-state index in [1.54, 1.807) is 0 Å². The zero-order valence-electron chi connectivity index (χ0n) is 16.0. The van der Waals surface area contributed by atoms with Gasteiger partial charge in [0.25, 0.3) is 0 Å². The Kier molecular flexibility index (Phi) is 4.16. The molecule has 1 amide bonds. The second kappa shape index (κ2) is 6.83. The van der Waals surface area contributed by atoms with Gasteiger partial charge in [-0.25, -0.2) is 0 Å². The fourth-order valence-corrected chi connectivity index (χ4v) is 4.77. The smallest absolute Gasteiger partial charge is 0.224 e. The minimum absolute atomic E-state index is 0.0472. The van der Waals surface area contributed by atoms with Crippen LogP contribution in [-0.2, 0) is 4.79 Å². The van der Waals surface area contributed by atoms with E-state index in [-0.39, 0.29) is 11.9 Å². The van der Waals surface area contributed by atoms with Gasteiger partial charge >= 0.3 is 0 Å². The summed E-state index contributed by atoms with van der Waals surface area (Å²) >= 11 is 0. The Hall–Kier alpha value is -3.07. The maximum atomic E-state index is 11.8. The molecule has 0 aromatic heterocycles. The number of benzene rings is 3. The van der Waals surface area contributed by atoms with Gasteiger partial charge in [0, 0.05) is 23.7 Å². The van der Waals surface area contributed by atoms with Crippen molar-refractivity contribution in [3.63, 3.8) is 0 Å². The first-order valence-electron chi connectivity index (χ1n) is 10.1. The van der Waals surface area contributed by atoms with Gasteiger partial charge in [0.05, 0.1) is 6.04 Å². The van der Waals surface area contributed by atoms with Gasteiger partial charge in [-0.15, -0.1) is 0 Å². The monoisotopic (exact) mass is 368 g/mol. The molecule has 0 bridgehead atoms. The van der Waals surface area contributed by atoms with Gasteiger partial charge in [0.2, 0.25) is 5.91 Å². The molecule has 3 aromatic rings. The summed E-state index contributed by atoms with van der Waals surface area (Å²) in [6, 6.07) is 21.6. The summed E-state index contributed by atoms with van der Waals surface area (Å²) in [7, 11) is 0. The molecular formula is C25H24N2O. The van der Waals surface area contributed by atoms with Crippen molar-refractivity contribution in [1.82, 2.24) is 0 Å². The van der Waals surface area contributed by atoms with E-state index in [0.717, 1.165) is 12.1 Å². The number of hydrogen-bond donors (Lipinski definition) is 2. The normalized spacial score (nSPS) is 22.4. The summed E-state index contributed by atoms with van der Waals surface area (Å²) < 4.78 is 0. The molecule has 0 radical (unpaired) electrons. The van der Waals surface area contributed by atoms with Crippen molar-refractivity contribution < 1.29 is 4.79 Å². The topological polar surface area (TPSA) is 41.1 Å². The van der Waals surface area contributed by atoms with Crippen molar-refractivity contribution in [1.29, 1.82) is 0 Å². The summed E-state index contributed by atoms with van der Waals surface area (Å²) in [5, 5.41) is 9.45. The zero-order chi connectivity index (χ0) is 19.1. The fraction of sp³-hybridized carbons (Fsp3) is 0.240. The molecule has 0 saturated heterocycles. The van der Waals surface area contributed by atoms with Crippen molar-refractivity contribution in [2.75, 3.05) is 10.6 Å². The highest BCUT2D eigenvalue weighted by molar-refractivity contribution is 5.92. The second-order valence-electron chi connectivity index (χ2n) is 7.75. The molecule has 2 N–H and O–H groups in total. The summed E-state index contributed by atoms with van der Waals surface area (Å²) in [5.41, 5.74) is 4.74. The minimum atomic E-state index is 0.0472. The predicted molar refractivity (Wildman–Crippen MR) is 116 cm³/mol. The third-order valence-electron chi connectivity index (χ3n) is 6.11. The van der Waals surface area contributed by atoms with Crippen LogP contribution in [0.3, 0.4) is 0 Å². The van der Waals surface area contributed by atoms with Crippen LogP contribution in [0.15, 0.2) is 72.8 Å². The molecule has 140 valence electrons. The van der Waals surface area contributed by atoms with E-state index in [1.807, 2.05) is 19.1 Å². The number of rotatable bonds is 3. The number of fused-ring (bicyclic) bond motifs is 5. The fourth-order valence-electron chi connectivity index (χ4n) is 4.77. The van der Waals surface area contributed by atoms with Crippen molar-refractivity contribution in [2.45, 2.75) is 31.7 Å². The third-order valence-corrected chi connectivity index (χ3v) is 6.11. The molecule has 5 rings (SSSR count). The quantitative estimate of drug-likeness (QED) is 0.556. The summed E-state index contributed by atoms with van der Waals surface area (Å²) in [5.74, 6) is 0.947. The van der Waals surface area contributed by atoms with E-state index < -0.39 is 0 Å². The standard InChI is InChI=1S/C25H24N2O/c1-2-23(28)26-18-9-5-8-17(15-18)25-21-12-6-11-20(21)24-19-10-4-3-7-16(19)13-14-22(24)27-25/h3-11,13-15,20-21,25,27H,2,12H2,1H3,(H,26,28). The molecule has 1 heterocycles. The molecule has 0 fully saturated rings. The molecule has 1 aliphatic carbocycles. The molecule has 3 heteroatoms. The Morgan fingerprint density at radius 3 is 2.89 bits per heavy atom. The maximum absolute atomic E-state index is 11.8. The highest BCUT2D eigenvalue weighted by atomic mass is 16.1. The van der Waals surface area contributed by atoms with E-state index in [0.29, 0.717) is 18.3 Å². The van der Waals surface area contributed by atoms with Crippen LogP contribution < -0.4 is 10.6 Å². The molecule has 28 heavy (non-hydrogen) atoms. The zero-order valence-corrected chi connectivity index (χ0v) is 16.0. The van der Waals surface area contributed by atoms with E-state index >= 15 is 0 Å². The molecule has 3 unspecified atom stereocenters. The van der Waals surface area contributed by atoms with Crippen LogP contribution in [0.5, 0.6) is 0 Å². The van der Waals surface area contributed by atoms with Crippen LogP contribution in [0.25, 0.3) is 10.8 Å². The molecule has 0 spiro atoms. The largest absolute Gasteiger partial charge is 0.378 e. The molecule has 2 aliphatic rings. The Balaban J connectivity index is 1.56. The minimum Gasteiger partial charge on any atom is -0.378 e. The van der Waals surface area contributed by atoms with Crippen molar-refractivity contribution in [3.05, 3.63) is 83.9 Å². The van der Waals surface area contributed by atoms with Crippen LogP contribution in [0.2, 0.25) is 0 Å². The van der Waals surface area contributed by atoms with Crippen LogP contribution in [0.1, 0.15) is 42.9 Å². The third kappa shape index (κ3) is 2.78. The van der Waals surface area contributed by atoms with Gasteiger partial charge in [-0.3, -0.25) is 4.79 Å². The Morgan fingerprint density at radius 1 is 1.11 bits per heavy atom. The number of allylic oxidation sites excluding steroid dienone is 2. The first kappa shape index (κ1) is 17.1. The highest BCUT2D eigenvalue weighted by Crippen LogP contribution is 2.51. The van der Waals surface area contributed by atoms with Crippen LogP contribution in [0, 0.1) is 5.92 Å². The van der Waals surface area contributed by atoms with Gasteiger partial charge in [0.1, 0.15) is 0 Å². The molecule has 3 atom stereocenters. The summed E-state index contributed by atoms with van der Waals surface area (Å²) in [6.07, 6.45) is 6.26. The average molecular weight is 368 g/mol. The highest BCUT2D eigenvalue weighted by Gasteiger charge is 2.38. The van der Waals surface area contributed by atoms with E-state index in [4.69, 9.17) is 0 Å². The van der Waals surface area contributed by atoms with E-state index in [1.165, 1.54) is 27.6 Å². The van der Waals surface area contributed by atoms with Gasteiger partial charge in [-0.05, 0) is 52.4 Å². The number of hydrogen-bond acceptors (Lipinski definition) is 2. The van der Waals surface area contributed by atoms with Crippen LogP contribution in [-0.4, -0.2) is 5.91 Å². The molecule has 3 aromatic carbocycles. The lowest BCUT2D eigenvalue weighted by Gasteiger charge is -2.38. The Labute approximate surface area is 165 Å². The summed E-state index contributed by atoms with van der Waals surface area (Å²) in [6.45, 7) is 1.87. The van der Waals surface area contributed by atoms with Crippen molar-refractivity contribution in [3.8, 4) is 0 Å². The second-order valence-corrected chi connectivity index (χ2v) is 7.75. The number of carbonyl (C=O) groups excluding carboxylic acids is 1. The van der Waals surface area contributed by atoms with Gasteiger partial charge < -0.3 is 10.6 Å². The SMILES string of the molecule is CCC(=O)Nc1cccc(C2Nc3ccc4ccccc4c3C3C=CCC32)c1. The lowest BCUT2D eigenvalue weighted by Crippen LogP contribution is -2.29. The van der Waals surface area contributed by atoms with Gasteiger partial charge in [0.15, 0.2) is 0 Å². The Morgan fingerprint density at radius 2 is 2.00 bits per heavy atom. The van der Waals surface area contributed by atoms with E-state index in [2.05, 4.69) is 71.3 Å². The number of carbonyl (C=O) groups is 1. The first-order chi connectivity index (χ1) is 13.7. The van der Waals surface area contributed by atoms with Gasteiger partial charge in [-0.2, -0.15) is 0 Å². The summed E-state index contributed by atoms with van der Waals surface area (Å²) in [4.78, 5) is 11.8. The predicted octanol–water partition coefficient (Wildman–Crippen LogP) is 6.01. The average Bonchev–Trinajstić information content (AvgIpc) is 3.22. The number of anilines is 2. The van der Waals surface area contributed by atoms with E-state index in [9.17, 15) is 4.79 Å². The maximum Gasteiger partial charge on any atom is 0.224 e. The van der Waals surface area contributed by atoms with Crippen LogP contribution in [0.4, 0.5) is 11.4 Å². The molecular weight excluding hydrogens is 344 g/mol.